The molecule has 1 aliphatic heterocycles. The van der Waals surface area contributed by atoms with E-state index in [1.54, 1.807) is 36.5 Å². The number of anilines is 1. The first-order chi connectivity index (χ1) is 9.10. The molecule has 0 radical (unpaired) electrons. The fourth-order valence-electron chi connectivity index (χ4n) is 2.18. The standard InChI is InChI=1S/C13H11BrN2O2S/c14-12-6-8-15-13-11(12)7-9-16(13)19(17,18)10-4-2-1-3-5-10/h1-6,8H,7,9H2. The van der Waals surface area contributed by atoms with E-state index in [0.717, 1.165) is 10.0 Å². The second kappa shape index (κ2) is 4.61. The van der Waals surface area contributed by atoms with Crippen LogP contribution in [-0.2, 0) is 16.4 Å². The van der Waals surface area contributed by atoms with Crippen molar-refractivity contribution in [3.05, 3.63) is 52.6 Å². The first kappa shape index (κ1) is 12.6. The van der Waals surface area contributed by atoms with Crippen molar-refractivity contribution in [1.29, 1.82) is 0 Å². The highest BCUT2D eigenvalue weighted by molar-refractivity contribution is 9.10. The molecule has 0 atom stereocenters. The molecule has 1 aliphatic rings. The summed E-state index contributed by atoms with van der Waals surface area (Å²) in [6.45, 7) is 0.433. The van der Waals surface area contributed by atoms with Gasteiger partial charge in [-0.15, -0.1) is 0 Å². The fourth-order valence-corrected chi connectivity index (χ4v) is 4.14. The summed E-state index contributed by atoms with van der Waals surface area (Å²) >= 11 is 3.44. The van der Waals surface area contributed by atoms with Crippen molar-refractivity contribution in [3.63, 3.8) is 0 Å². The number of aromatic nitrogens is 1. The Morgan fingerprint density at radius 1 is 1.16 bits per heavy atom. The van der Waals surface area contributed by atoms with E-state index in [1.165, 1.54) is 4.31 Å². The third kappa shape index (κ3) is 2.04. The summed E-state index contributed by atoms with van der Waals surface area (Å²) in [6.07, 6.45) is 2.29. The van der Waals surface area contributed by atoms with Crippen molar-refractivity contribution < 1.29 is 8.42 Å². The highest BCUT2D eigenvalue weighted by atomic mass is 79.9. The van der Waals surface area contributed by atoms with Crippen LogP contribution in [0.1, 0.15) is 5.56 Å². The molecule has 1 aromatic carbocycles. The number of nitrogens with zero attached hydrogens (tertiary/aromatic N) is 2. The average molecular weight is 339 g/mol. The Morgan fingerprint density at radius 3 is 2.63 bits per heavy atom. The number of fused-ring (bicyclic) bond motifs is 1. The van der Waals surface area contributed by atoms with Gasteiger partial charge in [0.1, 0.15) is 5.82 Å². The molecule has 2 heterocycles. The molecule has 19 heavy (non-hydrogen) atoms. The molecule has 0 amide bonds. The predicted octanol–water partition coefficient (Wildman–Crippen LogP) is 2.60. The third-order valence-corrected chi connectivity index (χ3v) is 5.65. The van der Waals surface area contributed by atoms with E-state index in [2.05, 4.69) is 20.9 Å². The quantitative estimate of drug-likeness (QED) is 0.845. The zero-order valence-corrected chi connectivity index (χ0v) is 12.4. The number of hydrogen-bond donors (Lipinski definition) is 0. The van der Waals surface area contributed by atoms with E-state index in [-0.39, 0.29) is 0 Å². The van der Waals surface area contributed by atoms with Gasteiger partial charge in [0.05, 0.1) is 4.90 Å². The van der Waals surface area contributed by atoms with Gasteiger partial charge in [0.2, 0.25) is 0 Å². The van der Waals surface area contributed by atoms with E-state index in [0.29, 0.717) is 23.7 Å². The van der Waals surface area contributed by atoms with Crippen molar-refractivity contribution in [2.75, 3.05) is 10.8 Å². The second-order valence-corrected chi connectivity index (χ2v) is 6.95. The van der Waals surface area contributed by atoms with Crippen molar-refractivity contribution in [1.82, 2.24) is 4.98 Å². The molecule has 0 saturated carbocycles. The lowest BCUT2D eigenvalue weighted by Crippen LogP contribution is -2.29. The van der Waals surface area contributed by atoms with E-state index >= 15 is 0 Å². The molecule has 0 aliphatic carbocycles. The number of pyridine rings is 1. The van der Waals surface area contributed by atoms with Crippen LogP contribution in [0.3, 0.4) is 0 Å². The van der Waals surface area contributed by atoms with Crippen molar-refractivity contribution in [3.8, 4) is 0 Å². The first-order valence-electron chi connectivity index (χ1n) is 5.82. The molecule has 1 aromatic heterocycles. The van der Waals surface area contributed by atoms with Crippen LogP contribution in [0.5, 0.6) is 0 Å². The molecular formula is C13H11BrN2O2S. The summed E-state index contributed by atoms with van der Waals surface area (Å²) in [5.74, 6) is 0.526. The van der Waals surface area contributed by atoms with Gasteiger partial charge in [0.25, 0.3) is 10.0 Å². The Hall–Kier alpha value is -1.40. The Bertz CT molecular complexity index is 717. The molecule has 4 nitrogen and oxygen atoms in total. The second-order valence-electron chi connectivity index (χ2n) is 4.24. The number of benzene rings is 1. The van der Waals surface area contributed by atoms with E-state index in [1.807, 2.05) is 6.07 Å². The summed E-state index contributed by atoms with van der Waals surface area (Å²) in [7, 11) is -3.52. The van der Waals surface area contributed by atoms with Crippen LogP contribution in [0, 0.1) is 0 Å². The highest BCUT2D eigenvalue weighted by Gasteiger charge is 2.32. The van der Waals surface area contributed by atoms with E-state index in [9.17, 15) is 8.42 Å². The van der Waals surface area contributed by atoms with Crippen molar-refractivity contribution >= 4 is 31.8 Å². The van der Waals surface area contributed by atoms with Crippen LogP contribution in [0.2, 0.25) is 0 Å². The normalized spacial score (nSPS) is 14.5. The maximum Gasteiger partial charge on any atom is 0.265 e. The van der Waals surface area contributed by atoms with Crippen LogP contribution in [-0.4, -0.2) is 19.9 Å². The van der Waals surface area contributed by atoms with Crippen LogP contribution in [0.25, 0.3) is 0 Å². The van der Waals surface area contributed by atoms with Gasteiger partial charge in [-0.2, -0.15) is 0 Å². The Kier molecular flexibility index (Phi) is 3.06. The Balaban J connectivity index is 2.10. The molecule has 0 N–H and O–H groups in total. The number of sulfonamides is 1. The molecule has 6 heteroatoms. The van der Waals surface area contributed by atoms with Gasteiger partial charge in [0, 0.05) is 22.8 Å². The molecule has 0 fully saturated rings. The monoisotopic (exact) mass is 338 g/mol. The molecule has 0 bridgehead atoms. The van der Waals surface area contributed by atoms with Gasteiger partial charge in [-0.3, -0.25) is 0 Å². The molecule has 0 spiro atoms. The van der Waals surface area contributed by atoms with Gasteiger partial charge < -0.3 is 0 Å². The summed E-state index contributed by atoms with van der Waals surface area (Å²) in [4.78, 5) is 4.51. The van der Waals surface area contributed by atoms with Crippen molar-refractivity contribution in [2.45, 2.75) is 11.3 Å². The molecule has 98 valence electrons. The minimum Gasteiger partial charge on any atom is -0.249 e. The lowest BCUT2D eigenvalue weighted by molar-refractivity contribution is 0.592. The lowest BCUT2D eigenvalue weighted by Gasteiger charge is -2.18. The third-order valence-electron chi connectivity index (χ3n) is 3.11. The van der Waals surface area contributed by atoms with Crippen LogP contribution in [0.4, 0.5) is 5.82 Å². The van der Waals surface area contributed by atoms with E-state index < -0.39 is 10.0 Å². The smallest absolute Gasteiger partial charge is 0.249 e. The highest BCUT2D eigenvalue weighted by Crippen LogP contribution is 2.34. The Morgan fingerprint density at radius 2 is 1.89 bits per heavy atom. The summed E-state index contributed by atoms with van der Waals surface area (Å²) in [6, 6.07) is 10.3. The van der Waals surface area contributed by atoms with Gasteiger partial charge in [-0.05, 0) is 24.6 Å². The largest absolute Gasteiger partial charge is 0.265 e. The SMILES string of the molecule is O=S(=O)(c1ccccc1)N1CCc2c(Br)ccnc21. The predicted molar refractivity (Wildman–Crippen MR) is 76.6 cm³/mol. The maximum absolute atomic E-state index is 12.6. The first-order valence-corrected chi connectivity index (χ1v) is 8.05. The minimum absolute atomic E-state index is 0.296. The average Bonchev–Trinajstić information content (AvgIpc) is 2.86. The number of hydrogen-bond acceptors (Lipinski definition) is 3. The molecule has 0 saturated heterocycles. The van der Waals surface area contributed by atoms with Gasteiger partial charge in [-0.25, -0.2) is 17.7 Å². The molecular weight excluding hydrogens is 328 g/mol. The molecule has 3 rings (SSSR count). The lowest BCUT2D eigenvalue weighted by atomic mass is 10.2. The zero-order valence-electron chi connectivity index (χ0n) is 9.95. The van der Waals surface area contributed by atoms with Gasteiger partial charge in [-0.1, -0.05) is 34.1 Å². The molecule has 2 aromatic rings. The van der Waals surface area contributed by atoms with Crippen LogP contribution in [0.15, 0.2) is 52.0 Å². The van der Waals surface area contributed by atoms with Crippen molar-refractivity contribution in [2.24, 2.45) is 0 Å². The van der Waals surface area contributed by atoms with Gasteiger partial charge >= 0.3 is 0 Å². The number of halogens is 1. The molecule has 0 unspecified atom stereocenters. The summed E-state index contributed by atoms with van der Waals surface area (Å²) in [5.41, 5.74) is 0.946. The van der Waals surface area contributed by atoms with Gasteiger partial charge in [0.15, 0.2) is 0 Å². The van der Waals surface area contributed by atoms with Crippen LogP contribution >= 0.6 is 15.9 Å². The zero-order chi connectivity index (χ0) is 13.5. The fraction of sp³-hybridized carbons (Fsp3) is 0.154. The maximum atomic E-state index is 12.6. The summed E-state index contributed by atoms with van der Waals surface area (Å²) < 4.78 is 27.4. The van der Waals surface area contributed by atoms with Crippen LogP contribution < -0.4 is 4.31 Å². The topological polar surface area (TPSA) is 50.3 Å². The summed E-state index contributed by atoms with van der Waals surface area (Å²) in [5, 5.41) is 0. The Labute approximate surface area is 120 Å². The van der Waals surface area contributed by atoms with E-state index in [4.69, 9.17) is 0 Å². The minimum atomic E-state index is -3.52. The number of rotatable bonds is 2.